The quantitative estimate of drug-likeness (QED) is 0.877. The molecular formula is C15H17F2NO3. The van der Waals surface area contributed by atoms with Crippen LogP contribution in [0.15, 0.2) is 18.2 Å². The van der Waals surface area contributed by atoms with Crippen LogP contribution in [0, 0.1) is 29.4 Å². The van der Waals surface area contributed by atoms with Gasteiger partial charge in [0.2, 0.25) is 5.91 Å². The summed E-state index contributed by atoms with van der Waals surface area (Å²) < 4.78 is 26.8. The van der Waals surface area contributed by atoms with Crippen molar-refractivity contribution in [3.8, 4) is 0 Å². The number of halogens is 2. The predicted molar refractivity (Wildman–Crippen MR) is 71.3 cm³/mol. The molecule has 2 rings (SSSR count). The summed E-state index contributed by atoms with van der Waals surface area (Å²) in [5.41, 5.74) is 0.201. The highest BCUT2D eigenvalue weighted by Crippen LogP contribution is 2.39. The molecule has 0 saturated heterocycles. The molecule has 3 unspecified atom stereocenters. The van der Waals surface area contributed by atoms with E-state index >= 15 is 0 Å². The van der Waals surface area contributed by atoms with Gasteiger partial charge in [-0.15, -0.1) is 0 Å². The van der Waals surface area contributed by atoms with Crippen molar-refractivity contribution in [1.82, 2.24) is 5.32 Å². The Labute approximate surface area is 121 Å². The monoisotopic (exact) mass is 297 g/mol. The molecule has 1 aliphatic carbocycles. The van der Waals surface area contributed by atoms with E-state index < -0.39 is 41.4 Å². The number of nitrogens with one attached hydrogen (secondary N) is 1. The maximum Gasteiger partial charge on any atom is 0.307 e. The number of carboxylic acid groups (broad SMARTS) is 1. The highest BCUT2D eigenvalue weighted by Gasteiger charge is 2.48. The van der Waals surface area contributed by atoms with Gasteiger partial charge in [-0.25, -0.2) is 8.78 Å². The van der Waals surface area contributed by atoms with Crippen LogP contribution in [0.2, 0.25) is 0 Å². The van der Waals surface area contributed by atoms with E-state index in [9.17, 15) is 18.4 Å². The van der Waals surface area contributed by atoms with Gasteiger partial charge in [-0.05, 0) is 18.4 Å². The van der Waals surface area contributed by atoms with Crippen LogP contribution in [0.25, 0.3) is 0 Å². The van der Waals surface area contributed by atoms with Crippen LogP contribution in [-0.4, -0.2) is 17.0 Å². The maximum atomic E-state index is 13.8. The molecule has 4 nitrogen and oxygen atoms in total. The minimum Gasteiger partial charge on any atom is -0.481 e. The van der Waals surface area contributed by atoms with E-state index in [0.29, 0.717) is 6.42 Å². The second-order valence-electron chi connectivity index (χ2n) is 5.68. The SMILES string of the molecule is CC(C)C(NC(=O)C1CC1C(=O)O)c1ccc(F)cc1F. The van der Waals surface area contributed by atoms with Gasteiger partial charge in [0.1, 0.15) is 11.6 Å². The summed E-state index contributed by atoms with van der Waals surface area (Å²) in [7, 11) is 0. The molecule has 0 aromatic heterocycles. The molecule has 1 amide bonds. The van der Waals surface area contributed by atoms with Crippen molar-refractivity contribution in [2.24, 2.45) is 17.8 Å². The lowest BCUT2D eigenvalue weighted by molar-refractivity contribution is -0.140. The van der Waals surface area contributed by atoms with Crippen molar-refractivity contribution in [2.75, 3.05) is 0 Å². The van der Waals surface area contributed by atoms with E-state index in [1.165, 1.54) is 6.07 Å². The highest BCUT2D eigenvalue weighted by atomic mass is 19.1. The first-order valence-electron chi connectivity index (χ1n) is 6.79. The Bertz CT molecular complexity index is 574. The molecule has 0 bridgehead atoms. The Morgan fingerprint density at radius 3 is 2.43 bits per heavy atom. The second kappa shape index (κ2) is 5.79. The molecule has 1 aromatic rings. The number of carboxylic acids is 1. The van der Waals surface area contributed by atoms with E-state index in [1.807, 2.05) is 0 Å². The number of benzene rings is 1. The lowest BCUT2D eigenvalue weighted by atomic mass is 9.95. The van der Waals surface area contributed by atoms with E-state index in [1.54, 1.807) is 13.8 Å². The van der Waals surface area contributed by atoms with E-state index in [0.717, 1.165) is 12.1 Å². The summed E-state index contributed by atoms with van der Waals surface area (Å²) in [4.78, 5) is 22.8. The van der Waals surface area contributed by atoms with Crippen LogP contribution >= 0.6 is 0 Å². The molecule has 21 heavy (non-hydrogen) atoms. The van der Waals surface area contributed by atoms with E-state index in [4.69, 9.17) is 5.11 Å². The van der Waals surface area contributed by atoms with Gasteiger partial charge in [0, 0.05) is 11.6 Å². The number of carbonyl (C=O) groups excluding carboxylic acids is 1. The molecule has 0 radical (unpaired) electrons. The molecule has 1 fully saturated rings. The Balaban J connectivity index is 2.13. The number of aliphatic carboxylic acids is 1. The Morgan fingerprint density at radius 1 is 1.29 bits per heavy atom. The highest BCUT2D eigenvalue weighted by molar-refractivity contribution is 5.89. The van der Waals surface area contributed by atoms with Crippen LogP contribution in [0.4, 0.5) is 8.78 Å². The predicted octanol–water partition coefficient (Wildman–Crippen LogP) is 2.50. The lowest BCUT2D eigenvalue weighted by Crippen LogP contribution is -2.34. The fourth-order valence-corrected chi connectivity index (χ4v) is 2.38. The topological polar surface area (TPSA) is 66.4 Å². The van der Waals surface area contributed by atoms with Crippen molar-refractivity contribution in [3.05, 3.63) is 35.4 Å². The van der Waals surface area contributed by atoms with Gasteiger partial charge in [0.25, 0.3) is 0 Å². The van der Waals surface area contributed by atoms with Gasteiger partial charge in [-0.1, -0.05) is 19.9 Å². The number of hydrogen-bond donors (Lipinski definition) is 2. The molecule has 0 aliphatic heterocycles. The summed E-state index contributed by atoms with van der Waals surface area (Å²) in [5, 5.41) is 11.5. The zero-order chi connectivity index (χ0) is 15.7. The van der Waals surface area contributed by atoms with E-state index in [2.05, 4.69) is 5.32 Å². The first kappa shape index (κ1) is 15.4. The van der Waals surface area contributed by atoms with E-state index in [-0.39, 0.29) is 11.5 Å². The summed E-state index contributed by atoms with van der Waals surface area (Å²) in [5.74, 6) is -4.13. The minimum absolute atomic E-state index is 0.115. The zero-order valence-corrected chi connectivity index (χ0v) is 11.8. The van der Waals surface area contributed by atoms with Gasteiger partial charge in [0.05, 0.1) is 17.9 Å². The Morgan fingerprint density at radius 2 is 1.95 bits per heavy atom. The van der Waals surface area contributed by atoms with Crippen molar-refractivity contribution in [3.63, 3.8) is 0 Å². The standard InChI is InChI=1S/C15H17F2NO3/c1-7(2)13(9-4-3-8(16)5-12(9)17)18-14(19)10-6-11(10)15(20)21/h3-5,7,10-11,13H,6H2,1-2H3,(H,18,19)(H,20,21). The van der Waals surface area contributed by atoms with Gasteiger partial charge >= 0.3 is 5.97 Å². The number of amides is 1. The van der Waals surface area contributed by atoms with Gasteiger partial charge < -0.3 is 10.4 Å². The number of carbonyl (C=O) groups is 2. The Kier molecular flexibility index (Phi) is 4.25. The minimum atomic E-state index is -0.996. The largest absolute Gasteiger partial charge is 0.481 e. The average Bonchev–Trinajstić information content (AvgIpc) is 3.16. The van der Waals surface area contributed by atoms with Crippen molar-refractivity contribution in [2.45, 2.75) is 26.3 Å². The molecule has 3 atom stereocenters. The molecule has 1 saturated carbocycles. The second-order valence-corrected chi connectivity index (χ2v) is 5.68. The van der Waals surface area contributed by atoms with Crippen LogP contribution in [-0.2, 0) is 9.59 Å². The third-order valence-corrected chi connectivity index (χ3v) is 3.71. The number of hydrogen-bond acceptors (Lipinski definition) is 2. The molecule has 0 heterocycles. The van der Waals surface area contributed by atoms with Crippen molar-refractivity contribution >= 4 is 11.9 Å². The average molecular weight is 297 g/mol. The van der Waals surface area contributed by atoms with Gasteiger partial charge in [-0.2, -0.15) is 0 Å². The van der Waals surface area contributed by atoms with Gasteiger partial charge in [0.15, 0.2) is 0 Å². The summed E-state index contributed by atoms with van der Waals surface area (Å²) in [6, 6.07) is 2.59. The van der Waals surface area contributed by atoms with Crippen LogP contribution < -0.4 is 5.32 Å². The third-order valence-electron chi connectivity index (χ3n) is 3.71. The normalized spacial score (nSPS) is 22.0. The molecule has 0 spiro atoms. The van der Waals surface area contributed by atoms with Crippen LogP contribution in [0.1, 0.15) is 31.9 Å². The van der Waals surface area contributed by atoms with Crippen LogP contribution in [0.3, 0.4) is 0 Å². The molecule has 1 aliphatic rings. The summed E-state index contributed by atoms with van der Waals surface area (Å²) in [6.07, 6.45) is 0.303. The van der Waals surface area contributed by atoms with Crippen LogP contribution in [0.5, 0.6) is 0 Å². The molecule has 114 valence electrons. The molecular weight excluding hydrogens is 280 g/mol. The fraction of sp³-hybridized carbons (Fsp3) is 0.467. The molecule has 1 aromatic carbocycles. The lowest BCUT2D eigenvalue weighted by Gasteiger charge is -2.23. The van der Waals surface area contributed by atoms with Crippen molar-refractivity contribution in [1.29, 1.82) is 0 Å². The summed E-state index contributed by atoms with van der Waals surface area (Å²) >= 11 is 0. The summed E-state index contributed by atoms with van der Waals surface area (Å²) in [6.45, 7) is 3.60. The third kappa shape index (κ3) is 3.37. The molecule has 2 N–H and O–H groups in total. The first-order valence-corrected chi connectivity index (χ1v) is 6.79. The number of rotatable bonds is 5. The van der Waals surface area contributed by atoms with Gasteiger partial charge in [-0.3, -0.25) is 9.59 Å². The first-order chi connectivity index (χ1) is 9.81. The Hall–Kier alpha value is -1.98. The zero-order valence-electron chi connectivity index (χ0n) is 11.8. The van der Waals surface area contributed by atoms with Crippen molar-refractivity contribution < 1.29 is 23.5 Å². The fourth-order valence-electron chi connectivity index (χ4n) is 2.38. The maximum absolute atomic E-state index is 13.8. The smallest absolute Gasteiger partial charge is 0.307 e. The molecule has 6 heteroatoms.